The van der Waals surface area contributed by atoms with E-state index in [1.165, 1.54) is 0 Å². The van der Waals surface area contributed by atoms with Crippen LogP contribution in [0.2, 0.25) is 0 Å². The van der Waals surface area contributed by atoms with Gasteiger partial charge in [0.15, 0.2) is 0 Å². The zero-order valence-electron chi connectivity index (χ0n) is 8.74. The maximum absolute atomic E-state index is 11.3. The van der Waals surface area contributed by atoms with Gasteiger partial charge in [0, 0.05) is 17.4 Å². The lowest BCUT2D eigenvalue weighted by Gasteiger charge is -2.21. The summed E-state index contributed by atoms with van der Waals surface area (Å²) in [6.07, 6.45) is 13.9. The van der Waals surface area contributed by atoms with Crippen LogP contribution in [0.15, 0.2) is 48.1 Å². The molecule has 4 unspecified atom stereocenters. The van der Waals surface area contributed by atoms with Crippen LogP contribution in [-0.4, -0.2) is 18.1 Å². The van der Waals surface area contributed by atoms with Crippen LogP contribution in [0.3, 0.4) is 0 Å². The van der Waals surface area contributed by atoms with Gasteiger partial charge in [-0.2, -0.15) is 0 Å². The molecular weight excluding hydrogens is 202 g/mol. The molecule has 0 aromatic rings. The molecule has 0 aromatic heterocycles. The normalized spacial score (nSPS) is 39.1. The Morgan fingerprint density at radius 1 is 1.12 bits per heavy atom. The van der Waals surface area contributed by atoms with Crippen molar-refractivity contribution in [3.8, 4) is 0 Å². The Morgan fingerprint density at radius 3 is 2.69 bits per heavy atom. The van der Waals surface area contributed by atoms with Crippen LogP contribution < -0.4 is 5.73 Å². The first-order valence-electron chi connectivity index (χ1n) is 5.46. The second-order valence-electron chi connectivity index (χ2n) is 4.32. The Labute approximate surface area is 94.0 Å². The third-order valence-corrected chi connectivity index (χ3v) is 3.42. The van der Waals surface area contributed by atoms with E-state index < -0.39 is 0 Å². The van der Waals surface area contributed by atoms with Crippen molar-refractivity contribution in [1.82, 2.24) is 0 Å². The number of ether oxygens (including phenoxy) is 1. The van der Waals surface area contributed by atoms with Crippen molar-refractivity contribution in [3.63, 3.8) is 0 Å². The van der Waals surface area contributed by atoms with Gasteiger partial charge in [0.2, 0.25) is 5.91 Å². The van der Waals surface area contributed by atoms with Gasteiger partial charge < -0.3 is 10.5 Å². The van der Waals surface area contributed by atoms with Crippen LogP contribution in [0.1, 0.15) is 0 Å². The molecule has 4 atom stereocenters. The highest BCUT2D eigenvalue weighted by Crippen LogP contribution is 2.41. The van der Waals surface area contributed by atoms with Gasteiger partial charge >= 0.3 is 0 Å². The summed E-state index contributed by atoms with van der Waals surface area (Å²) in [6, 6.07) is 0. The number of rotatable bonds is 1. The molecule has 1 amide bonds. The number of hydrogen-bond donors (Lipinski definition) is 1. The highest BCUT2D eigenvalue weighted by atomic mass is 16.5. The molecule has 16 heavy (non-hydrogen) atoms. The molecule has 0 radical (unpaired) electrons. The zero-order chi connectivity index (χ0) is 11.1. The summed E-state index contributed by atoms with van der Waals surface area (Å²) in [7, 11) is 0. The van der Waals surface area contributed by atoms with Crippen molar-refractivity contribution in [3.05, 3.63) is 48.1 Å². The van der Waals surface area contributed by atoms with Gasteiger partial charge in [0.25, 0.3) is 0 Å². The minimum Gasteiger partial charge on any atom is -0.366 e. The van der Waals surface area contributed by atoms with E-state index in [9.17, 15) is 4.79 Å². The molecule has 2 N–H and O–H groups in total. The summed E-state index contributed by atoms with van der Waals surface area (Å²) >= 11 is 0. The minimum absolute atomic E-state index is 0.0745. The Bertz CT molecular complexity index is 445. The lowest BCUT2D eigenvalue weighted by atomic mass is 9.80. The number of allylic oxidation sites excluding steroid dienone is 4. The summed E-state index contributed by atoms with van der Waals surface area (Å²) < 4.78 is 5.88. The molecule has 0 bridgehead atoms. The first-order valence-corrected chi connectivity index (χ1v) is 5.46. The molecule has 1 aliphatic heterocycles. The van der Waals surface area contributed by atoms with Crippen molar-refractivity contribution in [1.29, 1.82) is 0 Å². The van der Waals surface area contributed by atoms with Crippen LogP contribution in [-0.2, 0) is 9.53 Å². The van der Waals surface area contributed by atoms with E-state index in [-0.39, 0.29) is 24.0 Å². The van der Waals surface area contributed by atoms with Gasteiger partial charge in [0.1, 0.15) is 0 Å². The van der Waals surface area contributed by atoms with E-state index in [4.69, 9.17) is 10.5 Å². The van der Waals surface area contributed by atoms with Gasteiger partial charge in [-0.3, -0.25) is 4.79 Å². The fourth-order valence-corrected chi connectivity index (χ4v) is 2.66. The summed E-state index contributed by atoms with van der Waals surface area (Å²) in [5, 5.41) is 0. The molecule has 3 nitrogen and oxygen atoms in total. The lowest BCUT2D eigenvalue weighted by Crippen LogP contribution is -2.30. The minimum atomic E-state index is -0.383. The average molecular weight is 215 g/mol. The second kappa shape index (κ2) is 3.46. The predicted molar refractivity (Wildman–Crippen MR) is 60.3 cm³/mol. The number of carbonyl (C=O) groups excluding carboxylic acids is 1. The molecule has 1 fully saturated rings. The van der Waals surface area contributed by atoms with Gasteiger partial charge in [-0.05, 0) is 0 Å². The highest BCUT2D eigenvalue weighted by molar-refractivity contribution is 5.93. The van der Waals surface area contributed by atoms with E-state index in [1.807, 2.05) is 24.3 Å². The number of hydrogen-bond acceptors (Lipinski definition) is 2. The first-order chi connectivity index (χ1) is 7.77. The number of amides is 1. The van der Waals surface area contributed by atoms with E-state index in [0.717, 1.165) is 0 Å². The fraction of sp³-hybridized carbons (Fsp3) is 0.308. The van der Waals surface area contributed by atoms with Crippen LogP contribution in [0.4, 0.5) is 0 Å². The standard InChI is InChI=1S/C13H13NO2/c14-13(15)10-6-3-5-9-8-4-1-2-7-11(8)16-12(9)10/h1-9,11-12H,(H2,14,15). The average Bonchev–Trinajstić information content (AvgIpc) is 2.67. The molecule has 3 aliphatic rings. The van der Waals surface area contributed by atoms with Crippen molar-refractivity contribution in [2.45, 2.75) is 12.2 Å². The molecule has 0 saturated carbocycles. The van der Waals surface area contributed by atoms with Crippen molar-refractivity contribution < 1.29 is 9.53 Å². The molecule has 0 aromatic carbocycles. The largest absolute Gasteiger partial charge is 0.366 e. The lowest BCUT2D eigenvalue weighted by molar-refractivity contribution is -0.115. The third-order valence-electron chi connectivity index (χ3n) is 3.42. The van der Waals surface area contributed by atoms with Gasteiger partial charge in [-0.1, -0.05) is 42.5 Å². The molecule has 3 rings (SSSR count). The quantitative estimate of drug-likeness (QED) is 0.712. The molecular formula is C13H13NO2. The monoisotopic (exact) mass is 215 g/mol. The Morgan fingerprint density at radius 2 is 1.88 bits per heavy atom. The van der Waals surface area contributed by atoms with Gasteiger partial charge in [-0.25, -0.2) is 0 Å². The summed E-state index contributed by atoms with van der Waals surface area (Å²) in [6.45, 7) is 0. The van der Waals surface area contributed by atoms with E-state index in [2.05, 4.69) is 12.2 Å². The van der Waals surface area contributed by atoms with E-state index in [0.29, 0.717) is 11.5 Å². The van der Waals surface area contributed by atoms with E-state index >= 15 is 0 Å². The maximum atomic E-state index is 11.3. The number of fused-ring (bicyclic) bond motifs is 3. The molecule has 1 heterocycles. The topological polar surface area (TPSA) is 52.3 Å². The second-order valence-corrected chi connectivity index (χ2v) is 4.32. The first kappa shape index (κ1) is 9.60. The predicted octanol–water partition coefficient (Wildman–Crippen LogP) is 1.09. The van der Waals surface area contributed by atoms with Crippen LogP contribution in [0.5, 0.6) is 0 Å². The smallest absolute Gasteiger partial charge is 0.247 e. The zero-order valence-corrected chi connectivity index (χ0v) is 8.74. The Kier molecular flexibility index (Phi) is 2.07. The third kappa shape index (κ3) is 1.28. The van der Waals surface area contributed by atoms with Gasteiger partial charge in [0.05, 0.1) is 12.2 Å². The van der Waals surface area contributed by atoms with Crippen molar-refractivity contribution in [2.75, 3.05) is 0 Å². The summed E-state index contributed by atoms with van der Waals surface area (Å²) in [5.41, 5.74) is 5.94. The fourth-order valence-electron chi connectivity index (χ4n) is 2.66. The number of carbonyl (C=O) groups is 1. The van der Waals surface area contributed by atoms with Crippen LogP contribution in [0.25, 0.3) is 0 Å². The molecule has 0 spiro atoms. The summed E-state index contributed by atoms with van der Waals surface area (Å²) in [5.74, 6) is 0.180. The van der Waals surface area contributed by atoms with Crippen LogP contribution >= 0.6 is 0 Å². The van der Waals surface area contributed by atoms with E-state index in [1.54, 1.807) is 6.08 Å². The van der Waals surface area contributed by atoms with Crippen molar-refractivity contribution in [2.24, 2.45) is 17.6 Å². The Balaban J connectivity index is 1.96. The molecule has 3 heteroatoms. The Hall–Kier alpha value is -1.61. The molecule has 82 valence electrons. The highest BCUT2D eigenvalue weighted by Gasteiger charge is 2.44. The maximum Gasteiger partial charge on any atom is 0.247 e. The summed E-state index contributed by atoms with van der Waals surface area (Å²) in [4.78, 5) is 11.3. The molecule has 1 saturated heterocycles. The number of primary amides is 1. The number of nitrogens with two attached hydrogens (primary N) is 1. The van der Waals surface area contributed by atoms with Crippen LogP contribution in [0, 0.1) is 11.8 Å². The van der Waals surface area contributed by atoms with Gasteiger partial charge in [-0.15, -0.1) is 0 Å². The molecule has 2 aliphatic carbocycles. The SMILES string of the molecule is NC(=O)C1=CC=CC2C1OC1C=CC=CC12. The van der Waals surface area contributed by atoms with Crippen molar-refractivity contribution >= 4 is 5.91 Å².